The topological polar surface area (TPSA) is 72.3 Å². The van der Waals surface area contributed by atoms with E-state index in [2.05, 4.69) is 0 Å². The summed E-state index contributed by atoms with van der Waals surface area (Å²) in [5.41, 5.74) is 10.5. The Bertz CT molecular complexity index is 56.4. The molecule has 2 atom stereocenters. The number of hydrogen-bond donors (Lipinski definition) is 3. The molecular formula is C5H14N2O. The van der Waals surface area contributed by atoms with Gasteiger partial charge in [-0.1, -0.05) is 6.92 Å². The smallest absolute Gasteiger partial charge is 0.103 e. The van der Waals surface area contributed by atoms with E-state index in [4.69, 9.17) is 16.6 Å². The highest BCUT2D eigenvalue weighted by molar-refractivity contribution is 4.60. The second kappa shape index (κ2) is 3.83. The summed E-state index contributed by atoms with van der Waals surface area (Å²) in [4.78, 5) is 0. The standard InChI is InChI=1S/C5H14N2O/c1-2-4(6)3-5(7)8/h4-5,8H,2-3,6-7H2,1H3/t4-,5?/m1/s1. The van der Waals surface area contributed by atoms with Gasteiger partial charge in [-0.05, 0) is 6.42 Å². The van der Waals surface area contributed by atoms with Crippen LogP contribution in [0.4, 0.5) is 0 Å². The van der Waals surface area contributed by atoms with E-state index in [0.29, 0.717) is 6.42 Å². The van der Waals surface area contributed by atoms with Gasteiger partial charge in [0.15, 0.2) is 0 Å². The Morgan fingerprint density at radius 1 is 1.50 bits per heavy atom. The molecule has 0 amide bonds. The van der Waals surface area contributed by atoms with Crippen LogP contribution in [0.1, 0.15) is 19.8 Å². The van der Waals surface area contributed by atoms with Gasteiger partial charge >= 0.3 is 0 Å². The van der Waals surface area contributed by atoms with Crippen LogP contribution in [0.25, 0.3) is 0 Å². The van der Waals surface area contributed by atoms with Crippen LogP contribution in [-0.4, -0.2) is 17.4 Å². The predicted octanol–water partition coefficient (Wildman–Crippen LogP) is -0.609. The van der Waals surface area contributed by atoms with Crippen LogP contribution in [-0.2, 0) is 0 Å². The average Bonchev–Trinajstić information content (AvgIpc) is 1.65. The van der Waals surface area contributed by atoms with Crippen molar-refractivity contribution in [3.8, 4) is 0 Å². The fourth-order valence-electron chi connectivity index (χ4n) is 0.477. The van der Waals surface area contributed by atoms with Crippen molar-refractivity contribution in [1.29, 1.82) is 0 Å². The third kappa shape index (κ3) is 4.05. The Hall–Kier alpha value is -0.120. The molecule has 0 bridgehead atoms. The first-order valence-corrected chi connectivity index (χ1v) is 2.86. The molecule has 3 nitrogen and oxygen atoms in total. The molecule has 0 aliphatic carbocycles. The first-order chi connectivity index (χ1) is 3.66. The second-order valence-corrected chi connectivity index (χ2v) is 1.97. The van der Waals surface area contributed by atoms with E-state index in [1.54, 1.807) is 0 Å². The molecule has 1 unspecified atom stereocenters. The molecule has 0 saturated carbocycles. The predicted molar refractivity (Wildman–Crippen MR) is 33.1 cm³/mol. The van der Waals surface area contributed by atoms with Gasteiger partial charge in [0, 0.05) is 12.5 Å². The largest absolute Gasteiger partial charge is 0.379 e. The maximum Gasteiger partial charge on any atom is 0.103 e. The maximum absolute atomic E-state index is 8.55. The van der Waals surface area contributed by atoms with Crippen LogP contribution in [0.2, 0.25) is 0 Å². The number of rotatable bonds is 3. The minimum absolute atomic E-state index is 0.0509. The Morgan fingerprint density at radius 3 is 2.12 bits per heavy atom. The number of nitrogens with two attached hydrogens (primary N) is 2. The molecule has 0 aromatic carbocycles. The summed E-state index contributed by atoms with van der Waals surface area (Å²) in [6.45, 7) is 1.97. The molecule has 0 rings (SSSR count). The lowest BCUT2D eigenvalue weighted by Gasteiger charge is -2.09. The van der Waals surface area contributed by atoms with Gasteiger partial charge < -0.3 is 16.6 Å². The summed E-state index contributed by atoms with van der Waals surface area (Å²) in [7, 11) is 0. The first kappa shape index (κ1) is 7.88. The minimum Gasteiger partial charge on any atom is -0.379 e. The van der Waals surface area contributed by atoms with Gasteiger partial charge in [-0.15, -0.1) is 0 Å². The van der Waals surface area contributed by atoms with E-state index in [0.717, 1.165) is 6.42 Å². The molecule has 8 heavy (non-hydrogen) atoms. The molecule has 0 fully saturated rings. The summed E-state index contributed by atoms with van der Waals surface area (Å²) >= 11 is 0. The number of aliphatic hydroxyl groups is 1. The van der Waals surface area contributed by atoms with Crippen LogP contribution >= 0.6 is 0 Å². The van der Waals surface area contributed by atoms with Crippen LogP contribution in [0.3, 0.4) is 0 Å². The maximum atomic E-state index is 8.55. The van der Waals surface area contributed by atoms with E-state index in [1.807, 2.05) is 6.92 Å². The van der Waals surface area contributed by atoms with Gasteiger partial charge in [-0.2, -0.15) is 0 Å². The molecule has 0 spiro atoms. The molecule has 0 aromatic heterocycles. The summed E-state index contributed by atoms with van der Waals surface area (Å²) in [5.74, 6) is 0. The van der Waals surface area contributed by atoms with Crippen LogP contribution in [0.15, 0.2) is 0 Å². The second-order valence-electron chi connectivity index (χ2n) is 1.97. The first-order valence-electron chi connectivity index (χ1n) is 2.86. The average molecular weight is 118 g/mol. The lowest BCUT2D eigenvalue weighted by Crippen LogP contribution is -2.30. The molecule has 0 heterocycles. The minimum atomic E-state index is -0.745. The SMILES string of the molecule is CC[C@@H](N)CC(N)O. The molecule has 5 N–H and O–H groups in total. The molecule has 0 aliphatic heterocycles. The molecule has 0 radical (unpaired) electrons. The highest BCUT2D eigenvalue weighted by Gasteiger charge is 2.01. The van der Waals surface area contributed by atoms with Crippen molar-refractivity contribution in [2.45, 2.75) is 32.0 Å². The van der Waals surface area contributed by atoms with Crippen LogP contribution in [0.5, 0.6) is 0 Å². The fourth-order valence-corrected chi connectivity index (χ4v) is 0.477. The van der Waals surface area contributed by atoms with Crippen molar-refractivity contribution in [2.75, 3.05) is 0 Å². The van der Waals surface area contributed by atoms with Crippen molar-refractivity contribution >= 4 is 0 Å². The zero-order valence-electron chi connectivity index (χ0n) is 5.17. The Balaban J connectivity index is 3.10. The van der Waals surface area contributed by atoms with Crippen molar-refractivity contribution in [2.24, 2.45) is 11.5 Å². The van der Waals surface area contributed by atoms with E-state index in [-0.39, 0.29) is 6.04 Å². The van der Waals surface area contributed by atoms with Gasteiger partial charge in [0.05, 0.1) is 0 Å². The van der Waals surface area contributed by atoms with E-state index in [9.17, 15) is 0 Å². The van der Waals surface area contributed by atoms with Gasteiger partial charge in [0.25, 0.3) is 0 Å². The van der Waals surface area contributed by atoms with E-state index in [1.165, 1.54) is 0 Å². The monoisotopic (exact) mass is 118 g/mol. The van der Waals surface area contributed by atoms with Gasteiger partial charge in [0.1, 0.15) is 6.23 Å². The number of hydrogen-bond acceptors (Lipinski definition) is 3. The molecule has 0 saturated heterocycles. The molecule has 50 valence electrons. The zero-order valence-corrected chi connectivity index (χ0v) is 5.17. The highest BCUT2D eigenvalue weighted by atomic mass is 16.3. The molecule has 3 heteroatoms. The third-order valence-corrected chi connectivity index (χ3v) is 1.07. The van der Waals surface area contributed by atoms with Crippen molar-refractivity contribution in [1.82, 2.24) is 0 Å². The van der Waals surface area contributed by atoms with Gasteiger partial charge in [-0.3, -0.25) is 0 Å². The lowest BCUT2D eigenvalue weighted by atomic mass is 10.1. The van der Waals surface area contributed by atoms with E-state index < -0.39 is 6.23 Å². The van der Waals surface area contributed by atoms with Crippen molar-refractivity contribution in [3.63, 3.8) is 0 Å². The van der Waals surface area contributed by atoms with Gasteiger partial charge in [-0.25, -0.2) is 0 Å². The Kier molecular flexibility index (Phi) is 3.77. The Labute approximate surface area is 49.7 Å². The summed E-state index contributed by atoms with van der Waals surface area (Å²) in [5, 5.41) is 8.55. The molecular weight excluding hydrogens is 104 g/mol. The zero-order chi connectivity index (χ0) is 6.57. The normalized spacial score (nSPS) is 18.0. The summed E-state index contributed by atoms with van der Waals surface area (Å²) < 4.78 is 0. The molecule has 0 aliphatic rings. The number of aliphatic hydroxyl groups excluding tert-OH is 1. The quantitative estimate of drug-likeness (QED) is 0.433. The van der Waals surface area contributed by atoms with Gasteiger partial charge in [0.2, 0.25) is 0 Å². The molecule has 0 aromatic rings. The van der Waals surface area contributed by atoms with Crippen LogP contribution < -0.4 is 11.5 Å². The summed E-state index contributed by atoms with van der Waals surface area (Å²) in [6.07, 6.45) is 0.620. The van der Waals surface area contributed by atoms with Crippen molar-refractivity contribution in [3.05, 3.63) is 0 Å². The van der Waals surface area contributed by atoms with Crippen molar-refractivity contribution < 1.29 is 5.11 Å². The Morgan fingerprint density at radius 2 is 2.00 bits per heavy atom. The van der Waals surface area contributed by atoms with E-state index >= 15 is 0 Å². The van der Waals surface area contributed by atoms with Crippen LogP contribution in [0, 0.1) is 0 Å². The third-order valence-electron chi connectivity index (χ3n) is 1.07. The fraction of sp³-hybridized carbons (Fsp3) is 1.00. The highest BCUT2D eigenvalue weighted by Crippen LogP contribution is 1.93. The summed E-state index contributed by atoms with van der Waals surface area (Å²) in [6, 6.07) is 0.0509. The lowest BCUT2D eigenvalue weighted by molar-refractivity contribution is 0.162.